The summed E-state index contributed by atoms with van der Waals surface area (Å²) in [5.74, 6) is 0.127. The Morgan fingerprint density at radius 3 is 2.55 bits per heavy atom. The second-order valence-corrected chi connectivity index (χ2v) is 9.02. The van der Waals surface area contributed by atoms with Crippen molar-refractivity contribution >= 4 is 52.5 Å². The Hall–Kier alpha value is -1.69. The van der Waals surface area contributed by atoms with Crippen molar-refractivity contribution in [2.24, 2.45) is 0 Å². The van der Waals surface area contributed by atoms with Gasteiger partial charge in [-0.15, -0.1) is 11.8 Å². The van der Waals surface area contributed by atoms with Crippen LogP contribution in [0.1, 0.15) is 42.5 Å². The summed E-state index contributed by atoms with van der Waals surface area (Å²) < 4.78 is 0. The summed E-state index contributed by atoms with van der Waals surface area (Å²) >= 11 is 13.5. The first-order valence-electron chi connectivity index (χ1n) is 9.69. The monoisotopic (exact) mass is 450 g/mol. The molecule has 4 nitrogen and oxygen atoms in total. The van der Waals surface area contributed by atoms with Gasteiger partial charge in [0.1, 0.15) is 0 Å². The maximum absolute atomic E-state index is 12.8. The summed E-state index contributed by atoms with van der Waals surface area (Å²) in [6.45, 7) is 0. The Bertz CT molecular complexity index is 885. The van der Waals surface area contributed by atoms with Gasteiger partial charge >= 0.3 is 0 Å². The average molecular weight is 451 g/mol. The van der Waals surface area contributed by atoms with Crippen molar-refractivity contribution in [3.05, 3.63) is 58.1 Å². The number of carbonyl (C=O) groups excluding carboxylic acids is 2. The van der Waals surface area contributed by atoms with Crippen LogP contribution in [-0.4, -0.2) is 35.6 Å². The molecule has 1 fully saturated rings. The normalized spacial score (nSPS) is 14.4. The lowest BCUT2D eigenvalue weighted by Crippen LogP contribution is -2.39. The fourth-order valence-corrected chi connectivity index (χ4v) is 4.90. The Kier molecular flexibility index (Phi) is 7.87. The van der Waals surface area contributed by atoms with Gasteiger partial charge in [0.2, 0.25) is 5.91 Å². The molecule has 0 atom stereocenters. The summed E-state index contributed by atoms with van der Waals surface area (Å²) in [4.78, 5) is 28.1. The number of benzene rings is 2. The Morgan fingerprint density at radius 1 is 1.10 bits per heavy atom. The topological polar surface area (TPSA) is 49.4 Å². The molecule has 1 aliphatic carbocycles. The Balaban J connectivity index is 1.65. The third-order valence-electron chi connectivity index (χ3n) is 5.18. The van der Waals surface area contributed by atoms with E-state index in [2.05, 4.69) is 5.32 Å². The molecule has 0 saturated heterocycles. The van der Waals surface area contributed by atoms with Gasteiger partial charge in [-0.05, 0) is 43.2 Å². The minimum atomic E-state index is -0.273. The van der Waals surface area contributed by atoms with Gasteiger partial charge in [0.05, 0.1) is 22.0 Å². The van der Waals surface area contributed by atoms with Crippen molar-refractivity contribution in [2.75, 3.05) is 18.1 Å². The lowest BCUT2D eigenvalue weighted by Gasteiger charge is -2.31. The van der Waals surface area contributed by atoms with Crippen LogP contribution in [0, 0.1) is 0 Å². The molecule has 2 amide bonds. The first-order chi connectivity index (χ1) is 14.0. The zero-order chi connectivity index (χ0) is 20.8. The predicted molar refractivity (Wildman–Crippen MR) is 121 cm³/mol. The molecule has 0 radical (unpaired) electrons. The van der Waals surface area contributed by atoms with Crippen LogP contribution in [-0.2, 0) is 4.79 Å². The average Bonchev–Trinajstić information content (AvgIpc) is 2.74. The SMILES string of the molecule is CN(C(=O)CSc1ccccc1C(=O)Nc1ccc(Cl)cc1Cl)C1CCCCC1. The second kappa shape index (κ2) is 10.4. The number of halogens is 2. The molecule has 1 saturated carbocycles. The Morgan fingerprint density at radius 2 is 1.83 bits per heavy atom. The minimum Gasteiger partial charge on any atom is -0.342 e. The largest absolute Gasteiger partial charge is 0.342 e. The number of nitrogens with zero attached hydrogens (tertiary/aromatic N) is 1. The molecule has 0 aliphatic heterocycles. The molecule has 2 aromatic rings. The van der Waals surface area contributed by atoms with Crippen molar-refractivity contribution in [2.45, 2.75) is 43.0 Å². The molecule has 29 heavy (non-hydrogen) atoms. The van der Waals surface area contributed by atoms with E-state index in [9.17, 15) is 9.59 Å². The third kappa shape index (κ3) is 5.91. The van der Waals surface area contributed by atoms with Crippen molar-refractivity contribution < 1.29 is 9.59 Å². The molecule has 2 aromatic carbocycles. The first kappa shape index (κ1) is 22.0. The molecule has 0 spiro atoms. The molecule has 3 rings (SSSR count). The summed E-state index contributed by atoms with van der Waals surface area (Å²) in [6, 6.07) is 12.5. The standard InChI is InChI=1S/C22H24Cl2N2O2S/c1-26(16-7-3-2-4-8-16)21(27)14-29-20-10-6-5-9-17(20)22(28)25-19-12-11-15(23)13-18(19)24/h5-6,9-13,16H,2-4,7-8,14H2,1H3,(H,25,28). The van der Waals surface area contributed by atoms with Crippen LogP contribution >= 0.6 is 35.0 Å². The van der Waals surface area contributed by atoms with Gasteiger partial charge in [0, 0.05) is 23.0 Å². The minimum absolute atomic E-state index is 0.0952. The van der Waals surface area contributed by atoms with E-state index in [1.165, 1.54) is 31.0 Å². The highest BCUT2D eigenvalue weighted by atomic mass is 35.5. The van der Waals surface area contributed by atoms with Gasteiger partial charge < -0.3 is 10.2 Å². The quantitative estimate of drug-likeness (QED) is 0.538. The van der Waals surface area contributed by atoms with Gasteiger partial charge in [0.25, 0.3) is 5.91 Å². The van der Waals surface area contributed by atoms with Gasteiger partial charge in [-0.2, -0.15) is 0 Å². The number of carbonyl (C=O) groups is 2. The number of hydrogen-bond acceptors (Lipinski definition) is 3. The molecule has 0 bridgehead atoms. The number of nitrogens with one attached hydrogen (secondary N) is 1. The summed E-state index contributed by atoms with van der Waals surface area (Å²) in [6.07, 6.45) is 5.78. The van der Waals surface area contributed by atoms with Crippen LogP contribution in [0.25, 0.3) is 0 Å². The molecule has 0 heterocycles. The van der Waals surface area contributed by atoms with Crippen LogP contribution in [0.15, 0.2) is 47.4 Å². The maximum Gasteiger partial charge on any atom is 0.256 e. The van der Waals surface area contributed by atoms with Crippen molar-refractivity contribution in [1.29, 1.82) is 0 Å². The van der Waals surface area contributed by atoms with E-state index in [-0.39, 0.29) is 11.8 Å². The lowest BCUT2D eigenvalue weighted by molar-refractivity contribution is -0.129. The van der Waals surface area contributed by atoms with E-state index in [0.717, 1.165) is 17.7 Å². The van der Waals surface area contributed by atoms with Crippen LogP contribution in [0.3, 0.4) is 0 Å². The second-order valence-electron chi connectivity index (χ2n) is 7.16. The van der Waals surface area contributed by atoms with E-state index in [4.69, 9.17) is 23.2 Å². The zero-order valence-corrected chi connectivity index (χ0v) is 18.6. The highest BCUT2D eigenvalue weighted by Gasteiger charge is 2.22. The van der Waals surface area contributed by atoms with Crippen LogP contribution in [0.5, 0.6) is 0 Å². The van der Waals surface area contributed by atoms with E-state index in [0.29, 0.717) is 33.1 Å². The summed E-state index contributed by atoms with van der Waals surface area (Å²) in [7, 11) is 1.89. The smallest absolute Gasteiger partial charge is 0.256 e. The van der Waals surface area contributed by atoms with Crippen molar-refractivity contribution in [3.8, 4) is 0 Å². The van der Waals surface area contributed by atoms with Crippen molar-refractivity contribution in [3.63, 3.8) is 0 Å². The number of thioether (sulfide) groups is 1. The molecule has 0 aromatic heterocycles. The molecule has 0 unspecified atom stereocenters. The number of rotatable bonds is 6. The third-order valence-corrected chi connectivity index (χ3v) is 6.78. The highest BCUT2D eigenvalue weighted by Crippen LogP contribution is 2.29. The van der Waals surface area contributed by atoms with Gasteiger partial charge in [0.15, 0.2) is 0 Å². The predicted octanol–water partition coefficient (Wildman–Crippen LogP) is 6.13. The number of amides is 2. The molecule has 7 heteroatoms. The fraction of sp³-hybridized carbons (Fsp3) is 0.364. The van der Waals surface area contributed by atoms with E-state index >= 15 is 0 Å². The summed E-state index contributed by atoms with van der Waals surface area (Å²) in [5.41, 5.74) is 1.01. The summed E-state index contributed by atoms with van der Waals surface area (Å²) in [5, 5.41) is 3.70. The van der Waals surface area contributed by atoms with E-state index in [1.807, 2.05) is 24.1 Å². The van der Waals surface area contributed by atoms with Gasteiger partial charge in [-0.25, -0.2) is 0 Å². The lowest BCUT2D eigenvalue weighted by atomic mass is 9.94. The van der Waals surface area contributed by atoms with Crippen LogP contribution in [0.2, 0.25) is 10.0 Å². The highest BCUT2D eigenvalue weighted by molar-refractivity contribution is 8.00. The number of anilines is 1. The maximum atomic E-state index is 12.8. The fourth-order valence-electron chi connectivity index (χ4n) is 3.47. The van der Waals surface area contributed by atoms with Gasteiger partial charge in [-0.1, -0.05) is 54.6 Å². The first-order valence-corrected chi connectivity index (χ1v) is 11.4. The van der Waals surface area contributed by atoms with Crippen molar-refractivity contribution in [1.82, 2.24) is 4.90 Å². The number of hydrogen-bond donors (Lipinski definition) is 1. The zero-order valence-electron chi connectivity index (χ0n) is 16.3. The molecular formula is C22H24Cl2N2O2S. The van der Waals surface area contributed by atoms with Crippen LogP contribution < -0.4 is 5.32 Å². The molecular weight excluding hydrogens is 427 g/mol. The van der Waals surface area contributed by atoms with E-state index in [1.54, 1.807) is 30.3 Å². The molecule has 154 valence electrons. The van der Waals surface area contributed by atoms with Gasteiger partial charge in [-0.3, -0.25) is 9.59 Å². The Labute approximate surface area is 185 Å². The van der Waals surface area contributed by atoms with Crippen LogP contribution in [0.4, 0.5) is 5.69 Å². The van der Waals surface area contributed by atoms with E-state index < -0.39 is 0 Å². The molecule has 1 N–H and O–H groups in total. The molecule has 1 aliphatic rings.